The van der Waals surface area contributed by atoms with Gasteiger partial charge in [-0.25, -0.2) is 4.79 Å². The monoisotopic (exact) mass is 454 g/mol. The number of amides is 1. The molecule has 0 fully saturated rings. The predicted octanol–water partition coefficient (Wildman–Crippen LogP) is 5.12. The van der Waals surface area contributed by atoms with Crippen molar-refractivity contribution in [1.82, 2.24) is 0 Å². The second-order valence-corrected chi connectivity index (χ2v) is 8.95. The Bertz CT molecular complexity index is 1150. The minimum Gasteiger partial charge on any atom is -0.482 e. The molecule has 0 radical (unpaired) electrons. The Labute approximate surface area is 191 Å². The van der Waals surface area contributed by atoms with Crippen molar-refractivity contribution in [3.8, 4) is 5.75 Å². The molecule has 0 aliphatic carbocycles. The lowest BCUT2D eigenvalue weighted by Gasteiger charge is -2.19. The van der Waals surface area contributed by atoms with E-state index < -0.39 is 11.6 Å². The predicted molar refractivity (Wildman–Crippen MR) is 127 cm³/mol. The van der Waals surface area contributed by atoms with Gasteiger partial charge in [0.15, 0.2) is 12.4 Å². The summed E-state index contributed by atoms with van der Waals surface area (Å²) in [6.07, 6.45) is 1.85. The van der Waals surface area contributed by atoms with Crippen molar-refractivity contribution in [2.45, 2.75) is 26.4 Å². The summed E-state index contributed by atoms with van der Waals surface area (Å²) in [5, 5.41) is 9.17. The highest BCUT2D eigenvalue weighted by Crippen LogP contribution is 2.25. The zero-order valence-corrected chi connectivity index (χ0v) is 19.5. The van der Waals surface area contributed by atoms with Gasteiger partial charge in [-0.15, -0.1) is 11.8 Å². The van der Waals surface area contributed by atoms with Crippen molar-refractivity contribution in [1.29, 1.82) is 5.41 Å². The summed E-state index contributed by atoms with van der Waals surface area (Å²) in [5.74, 6) is -0.0479. The van der Waals surface area contributed by atoms with Gasteiger partial charge in [0.05, 0.1) is 5.04 Å². The van der Waals surface area contributed by atoms with E-state index >= 15 is 0 Å². The number of esters is 1. The Morgan fingerprint density at radius 3 is 2.41 bits per heavy atom. The van der Waals surface area contributed by atoms with Crippen LogP contribution in [0.25, 0.3) is 11.0 Å². The van der Waals surface area contributed by atoms with Crippen LogP contribution in [0.5, 0.6) is 5.75 Å². The lowest BCUT2D eigenvalue weighted by Crippen LogP contribution is -2.27. The second-order valence-electron chi connectivity index (χ2n) is 8.13. The van der Waals surface area contributed by atoms with Gasteiger partial charge in [0.1, 0.15) is 16.9 Å². The summed E-state index contributed by atoms with van der Waals surface area (Å²) in [4.78, 5) is 26.2. The number of fused-ring (bicyclic) bond motifs is 1. The van der Waals surface area contributed by atoms with Gasteiger partial charge in [0, 0.05) is 23.7 Å². The number of furan rings is 1. The Morgan fingerprint density at radius 1 is 1.09 bits per heavy atom. The molecule has 3 aromatic rings. The summed E-state index contributed by atoms with van der Waals surface area (Å²) in [7, 11) is 1.65. The van der Waals surface area contributed by atoms with Crippen LogP contribution in [0.3, 0.4) is 0 Å². The maximum atomic E-state index is 12.9. The van der Waals surface area contributed by atoms with E-state index in [4.69, 9.17) is 19.3 Å². The highest BCUT2D eigenvalue weighted by Gasteiger charge is 2.19. The van der Waals surface area contributed by atoms with Gasteiger partial charge < -0.3 is 18.8 Å². The molecule has 7 nitrogen and oxygen atoms in total. The number of carbonyl (C=O) groups is 2. The van der Waals surface area contributed by atoms with E-state index in [1.807, 2.05) is 12.3 Å². The van der Waals surface area contributed by atoms with Gasteiger partial charge in [-0.1, -0.05) is 0 Å². The van der Waals surface area contributed by atoms with E-state index in [1.54, 1.807) is 70.3 Å². The van der Waals surface area contributed by atoms with Gasteiger partial charge in [0.25, 0.3) is 5.91 Å². The zero-order chi connectivity index (χ0) is 23.5. The average Bonchev–Trinajstić information content (AvgIpc) is 3.18. The molecule has 8 heteroatoms. The molecule has 1 amide bonds. The molecule has 2 aromatic carbocycles. The van der Waals surface area contributed by atoms with E-state index in [9.17, 15) is 9.59 Å². The third-order valence-electron chi connectivity index (χ3n) is 4.50. The molecule has 0 spiro atoms. The first-order valence-corrected chi connectivity index (χ1v) is 11.2. The van der Waals surface area contributed by atoms with Crippen LogP contribution in [0.1, 0.15) is 36.9 Å². The first kappa shape index (κ1) is 23.4. The number of rotatable bonds is 6. The van der Waals surface area contributed by atoms with Crippen LogP contribution in [-0.4, -0.2) is 42.4 Å². The third kappa shape index (κ3) is 5.70. The van der Waals surface area contributed by atoms with Crippen molar-refractivity contribution in [2.75, 3.05) is 24.8 Å². The van der Waals surface area contributed by atoms with Gasteiger partial charge in [-0.3, -0.25) is 10.2 Å². The van der Waals surface area contributed by atoms with E-state index in [-0.39, 0.29) is 18.3 Å². The molecular formula is C24H26N2O5S. The molecule has 168 valence electrons. The molecule has 0 saturated heterocycles. The number of thioether (sulfide) groups is 1. The summed E-state index contributed by atoms with van der Waals surface area (Å²) in [6, 6.07) is 13.9. The summed E-state index contributed by atoms with van der Waals surface area (Å²) >= 11 is 1.35. The first-order valence-electron chi connectivity index (χ1n) is 9.96. The van der Waals surface area contributed by atoms with Crippen molar-refractivity contribution >= 4 is 45.3 Å². The summed E-state index contributed by atoms with van der Waals surface area (Å²) < 4.78 is 16.4. The first-order chi connectivity index (χ1) is 15.1. The zero-order valence-electron chi connectivity index (χ0n) is 18.7. The van der Waals surface area contributed by atoms with Gasteiger partial charge in [-0.2, -0.15) is 0 Å². The lowest BCUT2D eigenvalue weighted by molar-refractivity contribution is -0.157. The Morgan fingerprint density at radius 2 is 1.78 bits per heavy atom. The number of nitrogens with zero attached hydrogens (tertiary/aromatic N) is 1. The van der Waals surface area contributed by atoms with Crippen LogP contribution in [0.4, 0.5) is 5.69 Å². The number of benzene rings is 2. The maximum absolute atomic E-state index is 12.9. The Kier molecular flexibility index (Phi) is 6.93. The summed E-state index contributed by atoms with van der Waals surface area (Å²) in [6.45, 7) is 5.19. The van der Waals surface area contributed by atoms with Crippen LogP contribution in [0, 0.1) is 5.41 Å². The van der Waals surface area contributed by atoms with Crippen LogP contribution in [-0.2, 0) is 9.53 Å². The Balaban J connectivity index is 1.68. The van der Waals surface area contributed by atoms with Crippen LogP contribution >= 0.6 is 11.8 Å². The van der Waals surface area contributed by atoms with E-state index in [2.05, 4.69) is 0 Å². The smallest absolute Gasteiger partial charge is 0.344 e. The van der Waals surface area contributed by atoms with E-state index in [1.165, 1.54) is 16.7 Å². The van der Waals surface area contributed by atoms with Gasteiger partial charge in [-0.05, 0) is 75.6 Å². The number of anilines is 1. The van der Waals surface area contributed by atoms with Crippen LogP contribution in [0.15, 0.2) is 52.9 Å². The highest BCUT2D eigenvalue weighted by molar-refractivity contribution is 8.13. The molecule has 1 aromatic heterocycles. The maximum Gasteiger partial charge on any atom is 0.344 e. The number of carbonyl (C=O) groups excluding carboxylic acids is 2. The molecule has 0 aliphatic rings. The normalized spacial score (nSPS) is 11.3. The van der Waals surface area contributed by atoms with Crippen LogP contribution in [0.2, 0.25) is 0 Å². The fourth-order valence-corrected chi connectivity index (χ4v) is 3.33. The number of nitrogens with one attached hydrogen (secondary N) is 1. The second kappa shape index (κ2) is 9.48. The van der Waals surface area contributed by atoms with Crippen molar-refractivity contribution in [2.24, 2.45) is 0 Å². The van der Waals surface area contributed by atoms with Crippen molar-refractivity contribution in [3.05, 3.63) is 59.9 Å². The molecule has 3 rings (SSSR count). The third-order valence-corrected chi connectivity index (χ3v) is 5.14. The number of hydrogen-bond donors (Lipinski definition) is 1. The SMILES string of the molecule is CSC(=N)c1ccc2oc(C(=O)N(C)c3ccc(OCC(=O)OC(C)(C)C)cc3)cc2c1. The minimum atomic E-state index is -0.567. The van der Waals surface area contributed by atoms with Gasteiger partial charge in [0.2, 0.25) is 0 Å². The molecule has 0 atom stereocenters. The quantitative estimate of drug-likeness (QED) is 0.316. The fraction of sp³-hybridized carbons (Fsp3) is 0.292. The number of hydrogen-bond acceptors (Lipinski definition) is 7. The Hall–Kier alpha value is -3.26. The fourth-order valence-electron chi connectivity index (χ4n) is 2.97. The van der Waals surface area contributed by atoms with Crippen LogP contribution < -0.4 is 9.64 Å². The molecule has 1 heterocycles. The van der Waals surface area contributed by atoms with Crippen molar-refractivity contribution < 1.29 is 23.5 Å². The molecule has 0 unspecified atom stereocenters. The lowest BCUT2D eigenvalue weighted by atomic mass is 10.1. The molecule has 0 aliphatic heterocycles. The number of ether oxygens (including phenoxy) is 2. The standard InChI is InChI=1S/C24H26N2O5S/c1-24(2,3)31-21(27)14-29-18-9-7-17(8-10-18)26(4)23(28)20-13-16-12-15(22(25)32-5)6-11-19(16)30-20/h6-13,25H,14H2,1-5H3. The molecule has 1 N–H and O–H groups in total. The largest absolute Gasteiger partial charge is 0.482 e. The van der Waals surface area contributed by atoms with Gasteiger partial charge >= 0.3 is 5.97 Å². The average molecular weight is 455 g/mol. The molecule has 32 heavy (non-hydrogen) atoms. The molecular weight excluding hydrogens is 428 g/mol. The summed E-state index contributed by atoms with van der Waals surface area (Å²) in [5.41, 5.74) is 1.44. The van der Waals surface area contributed by atoms with Crippen molar-refractivity contribution in [3.63, 3.8) is 0 Å². The molecule has 0 bridgehead atoms. The van der Waals surface area contributed by atoms with E-state index in [0.29, 0.717) is 22.1 Å². The molecule has 0 saturated carbocycles. The van der Waals surface area contributed by atoms with E-state index in [0.717, 1.165) is 10.9 Å². The highest BCUT2D eigenvalue weighted by atomic mass is 32.2. The topological polar surface area (TPSA) is 92.8 Å². The minimum absolute atomic E-state index is 0.194.